The Morgan fingerprint density at radius 1 is 0.667 bits per heavy atom. The summed E-state index contributed by atoms with van der Waals surface area (Å²) in [5, 5.41) is 21.7. The van der Waals surface area contributed by atoms with Gasteiger partial charge in [-0.05, 0) is 59.4 Å². The van der Waals surface area contributed by atoms with E-state index in [9.17, 15) is 9.59 Å². The normalized spacial score (nSPS) is 20.1. The molecular weight excluding hydrogens is 496 g/mol. The number of amides is 2. The number of nitrogens with zero attached hydrogens (tertiary/aromatic N) is 8. The highest BCUT2D eigenvalue weighted by atomic mass is 16.1. The van der Waals surface area contributed by atoms with Crippen LogP contribution in [-0.2, 0) is 0 Å². The maximum atomic E-state index is 11.3. The van der Waals surface area contributed by atoms with Crippen LogP contribution in [0.15, 0.2) is 69.2 Å². The predicted octanol–water partition coefficient (Wildman–Crippen LogP) is 3.74. The van der Waals surface area contributed by atoms with Crippen LogP contribution in [-0.4, -0.2) is 77.8 Å². The summed E-state index contributed by atoms with van der Waals surface area (Å²) in [7, 11) is 0. The van der Waals surface area contributed by atoms with Crippen LogP contribution in [0.2, 0.25) is 0 Å². The summed E-state index contributed by atoms with van der Waals surface area (Å²) in [6, 6.07) is 13.6. The van der Waals surface area contributed by atoms with Crippen LogP contribution in [0.4, 0.5) is 11.4 Å². The molecule has 0 radical (unpaired) electrons. The maximum absolute atomic E-state index is 11.3. The van der Waals surface area contributed by atoms with E-state index in [0.29, 0.717) is 35.8 Å². The van der Waals surface area contributed by atoms with Crippen LogP contribution < -0.4 is 11.5 Å². The molecule has 0 bridgehead atoms. The third-order valence-corrected chi connectivity index (χ3v) is 6.53. The quantitative estimate of drug-likeness (QED) is 0.493. The fourth-order valence-electron chi connectivity index (χ4n) is 5.17. The largest absolute Gasteiger partial charge is 0.366 e. The van der Waals surface area contributed by atoms with Crippen molar-refractivity contribution >= 4 is 23.2 Å². The SMILES string of the molecule is CC1(C)CN(CN2CN(N=Nc3ccc(C(N)=O)cc3)CC(C)(C)C2)CN(N=Nc2ccc(C(N)=O)cc2)C1. The molecule has 12 nitrogen and oxygen atoms in total. The Hall–Kier alpha value is -3.90. The first kappa shape index (κ1) is 28.1. The summed E-state index contributed by atoms with van der Waals surface area (Å²) in [4.78, 5) is 27.4. The van der Waals surface area contributed by atoms with Crippen molar-refractivity contribution in [3.63, 3.8) is 0 Å². The molecule has 2 amide bonds. The number of carbonyl (C=O) groups excluding carboxylic acids is 2. The summed E-state index contributed by atoms with van der Waals surface area (Å²) in [5.41, 5.74) is 12.9. The minimum absolute atomic E-state index is 0.0227. The molecule has 12 heteroatoms. The lowest BCUT2D eigenvalue weighted by Crippen LogP contribution is -2.58. The molecule has 4 N–H and O–H groups in total. The van der Waals surface area contributed by atoms with E-state index in [4.69, 9.17) is 11.5 Å². The van der Waals surface area contributed by atoms with E-state index < -0.39 is 11.8 Å². The van der Waals surface area contributed by atoms with Gasteiger partial charge in [0, 0.05) is 37.3 Å². The molecule has 0 spiro atoms. The lowest BCUT2D eigenvalue weighted by molar-refractivity contribution is -0.0654. The van der Waals surface area contributed by atoms with Gasteiger partial charge < -0.3 is 11.5 Å². The topological polar surface area (TPSA) is 149 Å². The second-order valence-electron chi connectivity index (χ2n) is 11.9. The molecule has 0 saturated carbocycles. The van der Waals surface area contributed by atoms with E-state index in [2.05, 4.69) is 58.2 Å². The molecule has 0 aromatic heterocycles. The predicted molar refractivity (Wildman–Crippen MR) is 148 cm³/mol. The molecule has 2 aromatic carbocycles. The van der Waals surface area contributed by atoms with E-state index in [1.165, 1.54) is 0 Å². The highest BCUT2D eigenvalue weighted by molar-refractivity contribution is 5.93. The van der Waals surface area contributed by atoms with Crippen molar-refractivity contribution < 1.29 is 9.59 Å². The van der Waals surface area contributed by atoms with Gasteiger partial charge in [0.1, 0.15) is 0 Å². The molecule has 208 valence electrons. The van der Waals surface area contributed by atoms with Crippen molar-refractivity contribution in [3.05, 3.63) is 59.7 Å². The van der Waals surface area contributed by atoms with E-state index in [-0.39, 0.29) is 10.8 Å². The second-order valence-corrected chi connectivity index (χ2v) is 11.9. The molecular formula is C27H38N10O2. The summed E-state index contributed by atoms with van der Waals surface area (Å²) >= 11 is 0. The molecule has 0 unspecified atom stereocenters. The van der Waals surface area contributed by atoms with E-state index in [0.717, 1.165) is 32.8 Å². The van der Waals surface area contributed by atoms with Gasteiger partial charge in [0.25, 0.3) is 0 Å². The van der Waals surface area contributed by atoms with E-state index in [1.807, 2.05) is 10.0 Å². The number of primary amides is 2. The minimum Gasteiger partial charge on any atom is -0.366 e. The Balaban J connectivity index is 1.39. The highest BCUT2D eigenvalue weighted by Crippen LogP contribution is 2.29. The summed E-state index contributed by atoms with van der Waals surface area (Å²) < 4.78 is 0. The number of rotatable bonds is 8. The Kier molecular flexibility index (Phi) is 8.26. The van der Waals surface area contributed by atoms with Gasteiger partial charge in [0.05, 0.1) is 31.4 Å². The molecule has 2 fully saturated rings. The Morgan fingerprint density at radius 2 is 1.03 bits per heavy atom. The zero-order valence-corrected chi connectivity index (χ0v) is 23.1. The number of nitrogens with two attached hydrogens (primary N) is 2. The Morgan fingerprint density at radius 3 is 1.36 bits per heavy atom. The minimum atomic E-state index is -0.466. The van der Waals surface area contributed by atoms with Gasteiger partial charge in [-0.15, -0.1) is 10.2 Å². The molecule has 2 aliphatic heterocycles. The zero-order chi connectivity index (χ0) is 28.2. The van der Waals surface area contributed by atoms with Crippen LogP contribution in [0.5, 0.6) is 0 Å². The van der Waals surface area contributed by atoms with Gasteiger partial charge in [-0.3, -0.25) is 29.4 Å². The molecule has 4 rings (SSSR count). The van der Waals surface area contributed by atoms with Gasteiger partial charge >= 0.3 is 0 Å². The molecule has 2 heterocycles. The third-order valence-electron chi connectivity index (χ3n) is 6.53. The van der Waals surface area contributed by atoms with Gasteiger partial charge in [-0.25, -0.2) is 0 Å². The van der Waals surface area contributed by atoms with Crippen molar-refractivity contribution in [1.29, 1.82) is 0 Å². The van der Waals surface area contributed by atoms with Crippen LogP contribution in [0, 0.1) is 10.8 Å². The van der Waals surface area contributed by atoms with Crippen molar-refractivity contribution in [2.24, 2.45) is 43.0 Å². The standard InChI is InChI=1S/C27H38N10O2/c1-26(2)13-34(18-36(15-26)32-30-22-9-5-20(6-10-22)24(28)38)17-35-14-27(3,4)16-37(19-35)33-31-23-11-7-21(8-12-23)25(29)39/h5-12H,13-19H2,1-4H3,(H2,28,38)(H2,29,39). The average Bonchev–Trinajstić information content (AvgIpc) is 2.85. The van der Waals surface area contributed by atoms with Gasteiger partial charge in [-0.1, -0.05) is 38.1 Å². The van der Waals surface area contributed by atoms with Gasteiger partial charge in [0.2, 0.25) is 11.8 Å². The third kappa shape index (κ3) is 8.04. The first-order valence-corrected chi connectivity index (χ1v) is 13.0. The highest BCUT2D eigenvalue weighted by Gasteiger charge is 2.35. The van der Waals surface area contributed by atoms with Crippen LogP contribution in [0.1, 0.15) is 48.4 Å². The van der Waals surface area contributed by atoms with Gasteiger partial charge in [-0.2, -0.15) is 0 Å². The summed E-state index contributed by atoms with van der Waals surface area (Å²) in [6.45, 7) is 14.4. The zero-order valence-electron chi connectivity index (χ0n) is 23.1. The Bertz CT molecular complexity index is 1130. The Labute approximate surface area is 229 Å². The van der Waals surface area contributed by atoms with E-state index in [1.54, 1.807) is 48.5 Å². The summed E-state index contributed by atoms with van der Waals surface area (Å²) in [5.74, 6) is -0.932. The first-order valence-electron chi connectivity index (χ1n) is 13.0. The number of hydrogen-bond donors (Lipinski definition) is 2. The van der Waals surface area contributed by atoms with Crippen molar-refractivity contribution in [1.82, 2.24) is 19.8 Å². The van der Waals surface area contributed by atoms with Crippen molar-refractivity contribution in [2.45, 2.75) is 27.7 Å². The second kappa shape index (κ2) is 11.5. The number of benzene rings is 2. The molecule has 2 aliphatic rings. The molecule has 39 heavy (non-hydrogen) atoms. The summed E-state index contributed by atoms with van der Waals surface area (Å²) in [6.07, 6.45) is 0. The number of hydrogen-bond acceptors (Lipinski definition) is 8. The first-order chi connectivity index (χ1) is 18.4. The van der Waals surface area contributed by atoms with Gasteiger partial charge in [0.15, 0.2) is 0 Å². The monoisotopic (exact) mass is 534 g/mol. The molecule has 0 aliphatic carbocycles. The van der Waals surface area contributed by atoms with E-state index >= 15 is 0 Å². The van der Waals surface area contributed by atoms with Crippen LogP contribution in [0.3, 0.4) is 0 Å². The molecule has 0 atom stereocenters. The fraction of sp³-hybridized carbons (Fsp3) is 0.481. The lowest BCUT2D eigenvalue weighted by atomic mass is 9.90. The van der Waals surface area contributed by atoms with Crippen LogP contribution >= 0.6 is 0 Å². The van der Waals surface area contributed by atoms with Crippen molar-refractivity contribution in [3.8, 4) is 0 Å². The maximum Gasteiger partial charge on any atom is 0.248 e. The smallest absolute Gasteiger partial charge is 0.248 e. The van der Waals surface area contributed by atoms with Crippen molar-refractivity contribution in [2.75, 3.05) is 46.2 Å². The number of carbonyl (C=O) groups is 2. The lowest BCUT2D eigenvalue weighted by Gasteiger charge is -2.47. The molecule has 2 aromatic rings. The van der Waals surface area contributed by atoms with Crippen LogP contribution in [0.25, 0.3) is 0 Å². The molecule has 2 saturated heterocycles. The average molecular weight is 535 g/mol. The fourth-order valence-corrected chi connectivity index (χ4v) is 5.17.